The Morgan fingerprint density at radius 1 is 1.62 bits per heavy atom. The number of hydrogen-bond donors (Lipinski definition) is 0. The van der Waals surface area contributed by atoms with E-state index >= 15 is 0 Å². The summed E-state index contributed by atoms with van der Waals surface area (Å²) in [6, 6.07) is 1.75. The van der Waals surface area contributed by atoms with E-state index < -0.39 is 0 Å². The summed E-state index contributed by atoms with van der Waals surface area (Å²) >= 11 is 1.33. The molecule has 66 valence electrons. The lowest BCUT2D eigenvalue weighted by Crippen LogP contribution is -1.98. The van der Waals surface area contributed by atoms with Gasteiger partial charge in [0, 0.05) is 24.6 Å². The van der Waals surface area contributed by atoms with Crippen molar-refractivity contribution >= 4 is 27.5 Å². The molecule has 0 unspecified atom stereocenters. The zero-order valence-corrected chi connectivity index (χ0v) is 7.67. The summed E-state index contributed by atoms with van der Waals surface area (Å²) in [6.07, 6.45) is 3.15. The largest absolute Gasteiger partial charge is 0.416 e. The van der Waals surface area contributed by atoms with Gasteiger partial charge in [-0.2, -0.15) is 0 Å². The van der Waals surface area contributed by atoms with Crippen LogP contribution in [0, 0.1) is 0 Å². The number of nitrogens with zero attached hydrogens (tertiary/aromatic N) is 2. The van der Waals surface area contributed by atoms with Gasteiger partial charge in [0.15, 0.2) is 5.06 Å². The smallest absolute Gasteiger partial charge is 0.308 e. The first-order valence-electron chi connectivity index (χ1n) is 3.63. The number of aromatic nitrogens is 2. The Hall–Kier alpha value is -1.49. The maximum atomic E-state index is 10.6. The van der Waals surface area contributed by atoms with Gasteiger partial charge in [-0.05, 0) is 0 Å². The number of carbonyl (C=O) groups excluding carboxylic acids is 1. The van der Waals surface area contributed by atoms with Gasteiger partial charge < -0.3 is 4.74 Å². The Bertz CT molecular complexity index is 419. The van der Waals surface area contributed by atoms with Crippen LogP contribution in [0.1, 0.15) is 6.92 Å². The van der Waals surface area contributed by atoms with Crippen LogP contribution in [-0.2, 0) is 4.79 Å². The van der Waals surface area contributed by atoms with Crippen LogP contribution in [0.5, 0.6) is 5.06 Å². The average molecular weight is 194 g/mol. The lowest BCUT2D eigenvalue weighted by molar-refractivity contribution is -0.131. The van der Waals surface area contributed by atoms with Crippen molar-refractivity contribution < 1.29 is 9.53 Å². The molecule has 0 bridgehead atoms. The molecule has 0 N–H and O–H groups in total. The molecule has 0 aromatic carbocycles. The van der Waals surface area contributed by atoms with Crippen molar-refractivity contribution in [2.24, 2.45) is 0 Å². The Balaban J connectivity index is 2.44. The highest BCUT2D eigenvalue weighted by molar-refractivity contribution is 7.20. The van der Waals surface area contributed by atoms with Crippen molar-refractivity contribution in [1.82, 2.24) is 9.97 Å². The van der Waals surface area contributed by atoms with Crippen molar-refractivity contribution in [3.63, 3.8) is 0 Å². The summed E-state index contributed by atoms with van der Waals surface area (Å²) in [7, 11) is 0. The van der Waals surface area contributed by atoms with Gasteiger partial charge in [0.25, 0.3) is 0 Å². The first kappa shape index (κ1) is 8.12. The number of hydrogen-bond acceptors (Lipinski definition) is 5. The minimum Gasteiger partial charge on any atom is -0.416 e. The molecule has 2 heterocycles. The fraction of sp³-hybridized carbons (Fsp3) is 0.125. The van der Waals surface area contributed by atoms with Crippen LogP contribution in [0.4, 0.5) is 0 Å². The van der Waals surface area contributed by atoms with E-state index in [1.165, 1.54) is 24.6 Å². The van der Waals surface area contributed by atoms with Gasteiger partial charge >= 0.3 is 5.97 Å². The Labute approximate surface area is 78.2 Å². The van der Waals surface area contributed by atoms with E-state index in [4.69, 9.17) is 4.74 Å². The molecule has 4 nitrogen and oxygen atoms in total. The van der Waals surface area contributed by atoms with Crippen LogP contribution >= 0.6 is 11.3 Å². The maximum absolute atomic E-state index is 10.6. The fourth-order valence-electron chi connectivity index (χ4n) is 0.957. The van der Waals surface area contributed by atoms with Crippen molar-refractivity contribution in [3.05, 3.63) is 18.6 Å². The zero-order valence-electron chi connectivity index (χ0n) is 6.85. The van der Waals surface area contributed by atoms with E-state index in [-0.39, 0.29) is 5.97 Å². The summed E-state index contributed by atoms with van der Waals surface area (Å²) < 4.78 is 4.91. The summed E-state index contributed by atoms with van der Waals surface area (Å²) in [4.78, 5) is 19.3. The lowest BCUT2D eigenvalue weighted by atomic mass is 10.4. The number of thiophene rings is 1. The summed E-state index contributed by atoms with van der Waals surface area (Å²) in [5, 5.41) is 1.45. The van der Waals surface area contributed by atoms with Crippen LogP contribution < -0.4 is 4.74 Å². The van der Waals surface area contributed by atoms with Gasteiger partial charge in [-0.1, -0.05) is 11.3 Å². The number of ether oxygens (including phenoxy) is 1. The van der Waals surface area contributed by atoms with Crippen LogP contribution in [-0.4, -0.2) is 15.9 Å². The predicted octanol–water partition coefficient (Wildman–Crippen LogP) is 1.62. The second-order valence-electron chi connectivity index (χ2n) is 2.44. The van der Waals surface area contributed by atoms with E-state index in [2.05, 4.69) is 9.97 Å². The number of rotatable bonds is 1. The van der Waals surface area contributed by atoms with Gasteiger partial charge in [0.05, 0.1) is 0 Å². The van der Waals surface area contributed by atoms with E-state index in [1.807, 2.05) is 0 Å². The highest BCUT2D eigenvalue weighted by Gasteiger charge is 2.04. The molecule has 0 radical (unpaired) electrons. The molecule has 0 saturated heterocycles. The predicted molar refractivity (Wildman–Crippen MR) is 48.7 cm³/mol. The molecule has 0 spiro atoms. The molecule has 2 aromatic heterocycles. The third kappa shape index (κ3) is 1.65. The highest BCUT2D eigenvalue weighted by Crippen LogP contribution is 2.29. The third-order valence-corrected chi connectivity index (χ3v) is 2.35. The molecule has 0 aliphatic heterocycles. The van der Waals surface area contributed by atoms with Crippen molar-refractivity contribution in [3.8, 4) is 5.06 Å². The van der Waals surface area contributed by atoms with E-state index in [0.717, 1.165) is 10.2 Å². The molecule has 0 aliphatic rings. The topological polar surface area (TPSA) is 52.1 Å². The number of carbonyl (C=O) groups is 1. The van der Waals surface area contributed by atoms with Crippen molar-refractivity contribution in [2.45, 2.75) is 6.92 Å². The standard InChI is InChI=1S/C8H6N2O2S/c1-5(11)12-7-2-6-3-9-4-10-8(6)13-7/h2-4H,1H3. The van der Waals surface area contributed by atoms with E-state index in [1.54, 1.807) is 12.3 Å². The Morgan fingerprint density at radius 2 is 2.46 bits per heavy atom. The van der Waals surface area contributed by atoms with Gasteiger partial charge in [0.2, 0.25) is 0 Å². The molecule has 13 heavy (non-hydrogen) atoms. The van der Waals surface area contributed by atoms with Gasteiger partial charge in [-0.3, -0.25) is 4.79 Å². The first-order valence-corrected chi connectivity index (χ1v) is 4.45. The van der Waals surface area contributed by atoms with Crippen LogP contribution in [0.2, 0.25) is 0 Å². The van der Waals surface area contributed by atoms with Crippen molar-refractivity contribution in [1.29, 1.82) is 0 Å². The molecule has 0 aliphatic carbocycles. The lowest BCUT2D eigenvalue weighted by Gasteiger charge is -1.91. The summed E-state index contributed by atoms with van der Waals surface area (Å²) in [5.74, 6) is -0.320. The first-order chi connectivity index (χ1) is 6.25. The molecule has 0 atom stereocenters. The molecule has 2 rings (SSSR count). The molecule has 2 aromatic rings. The minimum absolute atomic E-state index is 0.320. The third-order valence-electron chi connectivity index (χ3n) is 1.42. The maximum Gasteiger partial charge on any atom is 0.308 e. The van der Waals surface area contributed by atoms with Gasteiger partial charge in [-0.25, -0.2) is 9.97 Å². The van der Waals surface area contributed by atoms with Crippen LogP contribution in [0.15, 0.2) is 18.6 Å². The average Bonchev–Trinajstić information content (AvgIpc) is 2.44. The van der Waals surface area contributed by atoms with Crippen LogP contribution in [0.25, 0.3) is 10.2 Å². The van der Waals surface area contributed by atoms with E-state index in [9.17, 15) is 4.79 Å². The van der Waals surface area contributed by atoms with Gasteiger partial charge in [0.1, 0.15) is 11.2 Å². The van der Waals surface area contributed by atoms with Crippen molar-refractivity contribution in [2.75, 3.05) is 0 Å². The quantitative estimate of drug-likeness (QED) is 0.647. The Morgan fingerprint density at radius 3 is 3.15 bits per heavy atom. The Kier molecular flexibility index (Phi) is 1.94. The molecule has 0 saturated carbocycles. The number of fused-ring (bicyclic) bond motifs is 1. The molecular formula is C8H6N2O2S. The zero-order chi connectivity index (χ0) is 9.26. The fourth-order valence-corrected chi connectivity index (χ4v) is 1.82. The number of esters is 1. The molecule has 0 amide bonds. The SMILES string of the molecule is CC(=O)Oc1cc2cncnc2s1. The summed E-state index contributed by atoms with van der Waals surface area (Å²) in [6.45, 7) is 1.37. The molecular weight excluding hydrogens is 188 g/mol. The normalized spacial score (nSPS) is 10.2. The second kappa shape index (κ2) is 3.10. The van der Waals surface area contributed by atoms with Crippen LogP contribution in [0.3, 0.4) is 0 Å². The monoisotopic (exact) mass is 194 g/mol. The highest BCUT2D eigenvalue weighted by atomic mass is 32.1. The van der Waals surface area contributed by atoms with E-state index in [0.29, 0.717) is 5.06 Å². The molecule has 0 fully saturated rings. The summed E-state index contributed by atoms with van der Waals surface area (Å²) in [5.41, 5.74) is 0. The second-order valence-corrected chi connectivity index (χ2v) is 3.44. The minimum atomic E-state index is -0.320. The van der Waals surface area contributed by atoms with Gasteiger partial charge in [-0.15, -0.1) is 0 Å². The molecule has 5 heteroatoms.